The summed E-state index contributed by atoms with van der Waals surface area (Å²) in [5.74, 6) is -0.399. The fraction of sp³-hybridized carbons (Fsp3) is 0.455. The normalized spacial score (nSPS) is 19.3. The molecule has 0 radical (unpaired) electrons. The van der Waals surface area contributed by atoms with Gasteiger partial charge >= 0.3 is 6.18 Å². The highest BCUT2D eigenvalue weighted by Crippen LogP contribution is 2.46. The fourth-order valence-electron chi connectivity index (χ4n) is 1.75. The number of rotatable bonds is 3. The standard InChI is InChI=1S/C11H10ClF3N2OS/c1-2-7(18)8-9(11(13,14)15)19-10-16-6(5-12)3-4-17(8)10/h3H,2,4-5H2,1H3. The third kappa shape index (κ3) is 2.67. The molecular weight excluding hydrogens is 301 g/mol. The van der Waals surface area contributed by atoms with Crippen LogP contribution in [0.4, 0.5) is 13.2 Å². The van der Waals surface area contributed by atoms with E-state index in [4.69, 9.17) is 11.6 Å². The lowest BCUT2D eigenvalue weighted by atomic mass is 10.2. The van der Waals surface area contributed by atoms with Gasteiger partial charge in [-0.25, -0.2) is 4.99 Å². The smallest absolute Gasteiger partial charge is 0.313 e. The van der Waals surface area contributed by atoms with Crippen LogP contribution in [0.15, 0.2) is 27.4 Å². The van der Waals surface area contributed by atoms with Crippen LogP contribution in [-0.4, -0.2) is 34.5 Å². The highest BCUT2D eigenvalue weighted by molar-refractivity contribution is 8.17. The Morgan fingerprint density at radius 3 is 2.79 bits per heavy atom. The number of hydrogen-bond acceptors (Lipinski definition) is 4. The number of carbonyl (C=O) groups is 1. The molecule has 0 amide bonds. The average Bonchev–Trinajstić information content (AvgIpc) is 2.75. The van der Waals surface area contributed by atoms with Gasteiger partial charge in [-0.1, -0.05) is 6.92 Å². The molecule has 0 saturated carbocycles. The van der Waals surface area contributed by atoms with Crippen LogP contribution in [0.3, 0.4) is 0 Å². The van der Waals surface area contributed by atoms with E-state index in [2.05, 4.69) is 4.99 Å². The molecule has 3 nitrogen and oxygen atoms in total. The predicted molar refractivity (Wildman–Crippen MR) is 68.9 cm³/mol. The first-order valence-electron chi connectivity index (χ1n) is 5.52. The number of ketones is 1. The maximum atomic E-state index is 13.0. The number of hydrogen-bond donors (Lipinski definition) is 0. The summed E-state index contributed by atoms with van der Waals surface area (Å²) in [6.07, 6.45) is -2.91. The molecule has 0 N–H and O–H groups in total. The van der Waals surface area contributed by atoms with Crippen molar-refractivity contribution in [3.05, 3.63) is 22.4 Å². The van der Waals surface area contributed by atoms with Gasteiger partial charge in [0.15, 0.2) is 11.0 Å². The number of nitrogens with zero attached hydrogens (tertiary/aromatic N) is 2. The van der Waals surface area contributed by atoms with Crippen LogP contribution in [0.1, 0.15) is 13.3 Å². The summed E-state index contributed by atoms with van der Waals surface area (Å²) in [5.41, 5.74) is 0.218. The Labute approximate surface area is 117 Å². The van der Waals surface area contributed by atoms with Gasteiger partial charge < -0.3 is 4.90 Å². The lowest BCUT2D eigenvalue weighted by Crippen LogP contribution is -2.31. The first-order valence-corrected chi connectivity index (χ1v) is 6.87. The van der Waals surface area contributed by atoms with Crippen LogP contribution in [0, 0.1) is 0 Å². The largest absolute Gasteiger partial charge is 0.424 e. The van der Waals surface area contributed by atoms with Crippen molar-refractivity contribution >= 4 is 34.3 Å². The lowest BCUT2D eigenvalue weighted by molar-refractivity contribution is -0.117. The minimum atomic E-state index is -4.55. The number of thioether (sulfide) groups is 1. The second-order valence-electron chi connectivity index (χ2n) is 3.89. The van der Waals surface area contributed by atoms with Crippen molar-refractivity contribution in [2.24, 2.45) is 4.99 Å². The average molecular weight is 311 g/mol. The summed E-state index contributed by atoms with van der Waals surface area (Å²) in [4.78, 5) is 16.2. The van der Waals surface area contributed by atoms with E-state index in [1.165, 1.54) is 11.8 Å². The molecule has 0 unspecified atom stereocenters. The van der Waals surface area contributed by atoms with Crippen molar-refractivity contribution in [1.82, 2.24) is 4.90 Å². The van der Waals surface area contributed by atoms with Gasteiger partial charge in [-0.3, -0.25) is 4.79 Å². The minimum Gasteiger partial charge on any atom is -0.313 e. The van der Waals surface area contributed by atoms with Crippen LogP contribution in [0.5, 0.6) is 0 Å². The first-order chi connectivity index (χ1) is 8.88. The van der Waals surface area contributed by atoms with Crippen molar-refractivity contribution in [1.29, 1.82) is 0 Å². The van der Waals surface area contributed by atoms with Gasteiger partial charge in [0.05, 0.1) is 11.6 Å². The zero-order valence-electron chi connectivity index (χ0n) is 9.92. The summed E-state index contributed by atoms with van der Waals surface area (Å²) in [5, 5.41) is 0.169. The quantitative estimate of drug-likeness (QED) is 0.750. The van der Waals surface area contributed by atoms with Crippen LogP contribution in [-0.2, 0) is 4.79 Å². The third-order valence-corrected chi connectivity index (χ3v) is 4.03. The lowest BCUT2D eigenvalue weighted by Gasteiger charge is -2.23. The Balaban J connectivity index is 2.43. The Kier molecular flexibility index (Phi) is 3.96. The Hall–Kier alpha value is -0.950. The topological polar surface area (TPSA) is 32.7 Å². The molecule has 19 heavy (non-hydrogen) atoms. The first kappa shape index (κ1) is 14.5. The summed E-state index contributed by atoms with van der Waals surface area (Å²) in [6, 6.07) is 0. The molecule has 0 spiro atoms. The number of allylic oxidation sites excluding steroid dienone is 3. The minimum absolute atomic E-state index is 0.0192. The molecule has 0 atom stereocenters. The molecule has 0 bridgehead atoms. The van der Waals surface area contributed by atoms with E-state index in [1.54, 1.807) is 6.08 Å². The summed E-state index contributed by atoms with van der Waals surface area (Å²) in [6.45, 7) is 1.72. The monoisotopic (exact) mass is 310 g/mol. The Bertz CT molecular complexity index is 511. The SMILES string of the molecule is CCC(=O)C1=C(C(F)(F)F)SC2=NC(CCl)=CCN21. The van der Waals surface area contributed by atoms with Gasteiger partial charge in [-0.05, 0) is 17.8 Å². The van der Waals surface area contributed by atoms with Crippen LogP contribution < -0.4 is 0 Å². The molecule has 2 aliphatic rings. The third-order valence-electron chi connectivity index (χ3n) is 2.64. The van der Waals surface area contributed by atoms with Gasteiger partial charge in [-0.15, -0.1) is 11.6 Å². The Morgan fingerprint density at radius 1 is 1.58 bits per heavy atom. The van der Waals surface area contributed by atoms with Crippen LogP contribution in [0.2, 0.25) is 0 Å². The van der Waals surface area contributed by atoms with E-state index >= 15 is 0 Å². The molecule has 0 aliphatic carbocycles. The number of carbonyl (C=O) groups excluding carboxylic acids is 1. The molecule has 2 rings (SSSR count). The van der Waals surface area contributed by atoms with E-state index in [9.17, 15) is 18.0 Å². The highest BCUT2D eigenvalue weighted by Gasteiger charge is 2.47. The zero-order valence-corrected chi connectivity index (χ0v) is 11.5. The van der Waals surface area contributed by atoms with Gasteiger partial charge in [0.2, 0.25) is 0 Å². The summed E-state index contributed by atoms with van der Waals surface area (Å²) >= 11 is 6.10. The molecular formula is C11H10ClF3N2OS. The van der Waals surface area contributed by atoms with Crippen molar-refractivity contribution in [3.8, 4) is 0 Å². The molecule has 104 valence electrons. The van der Waals surface area contributed by atoms with Gasteiger partial charge in [-0.2, -0.15) is 13.2 Å². The number of amidine groups is 1. The number of halogens is 4. The fourth-order valence-corrected chi connectivity index (χ4v) is 2.98. The van der Waals surface area contributed by atoms with Crippen LogP contribution >= 0.6 is 23.4 Å². The molecule has 0 aromatic heterocycles. The summed E-state index contributed by atoms with van der Waals surface area (Å²) < 4.78 is 38.9. The molecule has 8 heteroatoms. The van der Waals surface area contributed by atoms with Crippen molar-refractivity contribution < 1.29 is 18.0 Å². The van der Waals surface area contributed by atoms with E-state index < -0.39 is 16.9 Å². The second kappa shape index (κ2) is 5.20. The van der Waals surface area contributed by atoms with Crippen molar-refractivity contribution in [3.63, 3.8) is 0 Å². The number of fused-ring (bicyclic) bond motifs is 1. The van der Waals surface area contributed by atoms with E-state index in [0.29, 0.717) is 17.5 Å². The highest BCUT2D eigenvalue weighted by atomic mass is 35.5. The zero-order chi connectivity index (χ0) is 14.2. The molecule has 0 fully saturated rings. The van der Waals surface area contributed by atoms with Gasteiger partial charge in [0.25, 0.3) is 0 Å². The van der Waals surface area contributed by atoms with Gasteiger partial charge in [0.1, 0.15) is 10.6 Å². The molecule has 2 aliphatic heterocycles. The molecule has 0 aromatic carbocycles. The van der Waals surface area contributed by atoms with E-state index in [-0.39, 0.29) is 29.7 Å². The van der Waals surface area contributed by atoms with Crippen LogP contribution in [0.25, 0.3) is 0 Å². The summed E-state index contributed by atoms with van der Waals surface area (Å²) in [7, 11) is 0. The molecule has 0 aromatic rings. The van der Waals surface area contributed by atoms with E-state index in [0.717, 1.165) is 0 Å². The van der Waals surface area contributed by atoms with E-state index in [1.807, 2.05) is 0 Å². The van der Waals surface area contributed by atoms with Gasteiger partial charge in [0, 0.05) is 13.0 Å². The molecule has 2 heterocycles. The number of aliphatic imine (C=N–C) groups is 1. The predicted octanol–water partition coefficient (Wildman–Crippen LogP) is 3.28. The second-order valence-corrected chi connectivity index (χ2v) is 5.13. The maximum absolute atomic E-state index is 13.0. The number of alkyl halides is 4. The maximum Gasteiger partial charge on any atom is 0.424 e. The number of Topliss-reactive ketones (excluding diaryl/α,β-unsaturated/α-hetero) is 1. The van der Waals surface area contributed by atoms with Crippen molar-refractivity contribution in [2.45, 2.75) is 19.5 Å². The Morgan fingerprint density at radius 2 is 2.26 bits per heavy atom. The van der Waals surface area contributed by atoms with Crippen molar-refractivity contribution in [2.75, 3.05) is 12.4 Å². The molecule has 0 saturated heterocycles.